The van der Waals surface area contributed by atoms with Crippen molar-refractivity contribution in [3.05, 3.63) is 36.1 Å². The number of rotatable bonds is 9. The highest BCUT2D eigenvalue weighted by Gasteiger charge is 2.11. The first kappa shape index (κ1) is 18.2. The highest BCUT2D eigenvalue weighted by molar-refractivity contribution is 5.88. The number of carbonyl (C=O) groups excluding carboxylic acids is 2. The Kier molecular flexibility index (Phi) is 9.09. The lowest BCUT2D eigenvalue weighted by atomic mass is 10.2. The van der Waals surface area contributed by atoms with Gasteiger partial charge in [0.05, 0.1) is 0 Å². The number of hydrogen-bond donors (Lipinski definition) is 0. The summed E-state index contributed by atoms with van der Waals surface area (Å²) < 4.78 is 10.1. The van der Waals surface area contributed by atoms with Gasteiger partial charge in [-0.1, -0.05) is 32.9 Å². The van der Waals surface area contributed by atoms with E-state index in [2.05, 4.69) is 20.1 Å². The monoisotopic (exact) mass is 280 g/mol. The van der Waals surface area contributed by atoms with Crippen molar-refractivity contribution in [3.63, 3.8) is 0 Å². The van der Waals surface area contributed by atoms with Gasteiger partial charge in [0.1, 0.15) is 12.4 Å². The van der Waals surface area contributed by atoms with Crippen LogP contribution in [0.3, 0.4) is 0 Å². The Balaban J connectivity index is 4.53. The molecule has 4 nitrogen and oxygen atoms in total. The molecule has 4 heteroatoms. The quantitative estimate of drug-likeness (QED) is 0.280. The van der Waals surface area contributed by atoms with Crippen molar-refractivity contribution in [1.29, 1.82) is 0 Å². The molecule has 0 aliphatic heterocycles. The molecule has 0 rings (SSSR count). The van der Waals surface area contributed by atoms with Gasteiger partial charge >= 0.3 is 11.9 Å². The van der Waals surface area contributed by atoms with Gasteiger partial charge in [-0.25, -0.2) is 9.59 Å². The summed E-state index contributed by atoms with van der Waals surface area (Å²) in [4.78, 5) is 22.8. The van der Waals surface area contributed by atoms with E-state index in [1.807, 2.05) is 0 Å². The van der Waals surface area contributed by atoms with E-state index in [1.165, 1.54) is 0 Å². The molecule has 0 aromatic rings. The average Bonchev–Trinajstić information content (AvgIpc) is 2.39. The first-order chi connectivity index (χ1) is 9.38. The van der Waals surface area contributed by atoms with Gasteiger partial charge in [-0.3, -0.25) is 0 Å². The van der Waals surface area contributed by atoms with Gasteiger partial charge < -0.3 is 9.47 Å². The molecule has 0 aromatic heterocycles. The summed E-state index contributed by atoms with van der Waals surface area (Å²) in [7, 11) is 0. The summed E-state index contributed by atoms with van der Waals surface area (Å²) in [5.41, 5.74) is 0.609. The van der Waals surface area contributed by atoms with E-state index in [-0.39, 0.29) is 6.61 Å². The molecule has 0 saturated carbocycles. The molecule has 0 atom stereocenters. The third-order valence-corrected chi connectivity index (χ3v) is 2.45. The second kappa shape index (κ2) is 10.0. The minimum Gasteiger partial charge on any atom is -0.454 e. The maximum Gasteiger partial charge on any atom is 0.338 e. The number of carbonyl (C=O) groups is 2. The average molecular weight is 280 g/mol. The Morgan fingerprint density at radius 2 is 1.65 bits per heavy atom. The topological polar surface area (TPSA) is 52.6 Å². The van der Waals surface area contributed by atoms with Gasteiger partial charge in [-0.15, -0.1) is 0 Å². The van der Waals surface area contributed by atoms with Crippen LogP contribution in [0.4, 0.5) is 0 Å². The number of hydrogen-bond acceptors (Lipinski definition) is 4. The minimum atomic E-state index is -0.516. The van der Waals surface area contributed by atoms with Gasteiger partial charge in [0.15, 0.2) is 0 Å². The van der Waals surface area contributed by atoms with Crippen LogP contribution in [0, 0.1) is 0 Å². The molecule has 0 aliphatic rings. The standard InChI is InChI=1S/C16H24O4/c1-6-7-8-9-10-14(20-16(18)13(4)5)11-19-15(17)12(2)3/h10H,2,4,6-9,11H2,1,3,5H3. The molecule has 0 radical (unpaired) electrons. The summed E-state index contributed by atoms with van der Waals surface area (Å²) in [6.45, 7) is 12.2. The van der Waals surface area contributed by atoms with Crippen LogP contribution in [0.1, 0.15) is 46.5 Å². The van der Waals surface area contributed by atoms with Crippen molar-refractivity contribution in [2.24, 2.45) is 0 Å². The maximum atomic E-state index is 11.5. The number of esters is 2. The van der Waals surface area contributed by atoms with Crippen molar-refractivity contribution in [2.75, 3.05) is 6.61 Å². The van der Waals surface area contributed by atoms with Gasteiger partial charge in [-0.2, -0.15) is 0 Å². The zero-order valence-electron chi connectivity index (χ0n) is 12.7. The molecule has 0 spiro atoms. The Morgan fingerprint density at radius 1 is 1.05 bits per heavy atom. The second-order valence-electron chi connectivity index (χ2n) is 4.69. The van der Waals surface area contributed by atoms with Crippen molar-refractivity contribution >= 4 is 11.9 Å². The molecule has 20 heavy (non-hydrogen) atoms. The number of ether oxygens (including phenoxy) is 2. The van der Waals surface area contributed by atoms with Crippen LogP contribution in [0.2, 0.25) is 0 Å². The summed E-state index contributed by atoms with van der Waals surface area (Å²) in [6.07, 6.45) is 5.77. The van der Waals surface area contributed by atoms with Gasteiger partial charge in [0.2, 0.25) is 0 Å². The highest BCUT2D eigenvalue weighted by atomic mass is 16.6. The Morgan fingerprint density at radius 3 is 2.15 bits per heavy atom. The van der Waals surface area contributed by atoms with E-state index < -0.39 is 11.9 Å². The summed E-state index contributed by atoms with van der Waals surface area (Å²) >= 11 is 0. The minimum absolute atomic E-state index is 0.0726. The summed E-state index contributed by atoms with van der Waals surface area (Å²) in [5, 5.41) is 0. The SMILES string of the molecule is C=C(C)C(=O)OCC(=CCCCCC)OC(=O)C(=C)C. The van der Waals surface area contributed by atoms with E-state index in [0.717, 1.165) is 25.7 Å². The Labute approximate surface area is 121 Å². The van der Waals surface area contributed by atoms with E-state index in [1.54, 1.807) is 19.9 Å². The predicted octanol–water partition coefficient (Wildman–Crippen LogP) is 3.69. The van der Waals surface area contributed by atoms with Crippen LogP contribution >= 0.6 is 0 Å². The summed E-state index contributed by atoms with van der Waals surface area (Å²) in [6, 6.07) is 0. The Hall–Kier alpha value is -1.84. The lowest BCUT2D eigenvalue weighted by molar-refractivity contribution is -0.143. The lowest BCUT2D eigenvalue weighted by Gasteiger charge is -2.10. The molecule has 0 heterocycles. The van der Waals surface area contributed by atoms with Crippen molar-refractivity contribution < 1.29 is 19.1 Å². The third kappa shape index (κ3) is 8.29. The smallest absolute Gasteiger partial charge is 0.338 e. The van der Waals surface area contributed by atoms with Crippen LogP contribution in [0.25, 0.3) is 0 Å². The molecule has 0 N–H and O–H groups in total. The maximum absolute atomic E-state index is 11.5. The zero-order valence-corrected chi connectivity index (χ0v) is 12.7. The largest absolute Gasteiger partial charge is 0.454 e. The van der Waals surface area contributed by atoms with Crippen molar-refractivity contribution in [2.45, 2.75) is 46.5 Å². The van der Waals surface area contributed by atoms with Crippen LogP contribution in [-0.4, -0.2) is 18.5 Å². The molecule has 0 bridgehead atoms. The first-order valence-corrected chi connectivity index (χ1v) is 6.77. The number of allylic oxidation sites excluding steroid dienone is 1. The molecule has 0 amide bonds. The normalized spacial score (nSPS) is 10.8. The Bertz CT molecular complexity index is 405. The predicted molar refractivity (Wildman–Crippen MR) is 78.9 cm³/mol. The summed E-state index contributed by atoms with van der Waals surface area (Å²) in [5.74, 6) is -0.683. The molecule has 0 unspecified atom stereocenters. The van der Waals surface area contributed by atoms with Crippen LogP contribution in [0.15, 0.2) is 36.1 Å². The molecular weight excluding hydrogens is 256 g/mol. The first-order valence-electron chi connectivity index (χ1n) is 6.77. The van der Waals surface area contributed by atoms with E-state index in [4.69, 9.17) is 9.47 Å². The molecule has 0 fully saturated rings. The fraction of sp³-hybridized carbons (Fsp3) is 0.500. The van der Waals surface area contributed by atoms with Gasteiger partial charge in [0, 0.05) is 11.1 Å². The van der Waals surface area contributed by atoms with Crippen LogP contribution in [-0.2, 0) is 19.1 Å². The molecule has 0 aromatic carbocycles. The van der Waals surface area contributed by atoms with Crippen LogP contribution in [0.5, 0.6) is 0 Å². The zero-order chi connectivity index (χ0) is 15.5. The van der Waals surface area contributed by atoms with Crippen molar-refractivity contribution in [1.82, 2.24) is 0 Å². The highest BCUT2D eigenvalue weighted by Crippen LogP contribution is 2.09. The molecular formula is C16H24O4. The molecule has 0 aliphatic carbocycles. The third-order valence-electron chi connectivity index (χ3n) is 2.45. The molecule has 0 saturated heterocycles. The second-order valence-corrected chi connectivity index (χ2v) is 4.69. The number of unbranched alkanes of at least 4 members (excludes halogenated alkanes) is 3. The molecule has 112 valence electrons. The fourth-order valence-electron chi connectivity index (χ4n) is 1.25. The van der Waals surface area contributed by atoms with Crippen LogP contribution < -0.4 is 0 Å². The van der Waals surface area contributed by atoms with Gasteiger partial charge in [0.25, 0.3) is 0 Å². The lowest BCUT2D eigenvalue weighted by Crippen LogP contribution is -2.13. The van der Waals surface area contributed by atoms with Gasteiger partial charge in [-0.05, 0) is 32.8 Å². The van der Waals surface area contributed by atoms with E-state index in [9.17, 15) is 9.59 Å². The van der Waals surface area contributed by atoms with E-state index >= 15 is 0 Å². The van der Waals surface area contributed by atoms with E-state index in [0.29, 0.717) is 16.9 Å². The fourth-order valence-corrected chi connectivity index (χ4v) is 1.25. The van der Waals surface area contributed by atoms with Crippen molar-refractivity contribution in [3.8, 4) is 0 Å².